The summed E-state index contributed by atoms with van der Waals surface area (Å²) in [5.74, 6) is -1.43. The lowest BCUT2D eigenvalue weighted by molar-refractivity contribution is -0.159. The van der Waals surface area contributed by atoms with Gasteiger partial charge < -0.3 is 24.4 Å². The minimum Gasteiger partial charge on any atom is -0.494 e. The first-order valence-corrected chi connectivity index (χ1v) is 16.3. The van der Waals surface area contributed by atoms with Crippen molar-refractivity contribution in [3.05, 3.63) is 76.7 Å². The molecule has 234 valence electrons. The highest BCUT2D eigenvalue weighted by Crippen LogP contribution is 2.38. The van der Waals surface area contributed by atoms with Crippen LogP contribution in [0.15, 0.2) is 70.5 Å². The van der Waals surface area contributed by atoms with Crippen molar-refractivity contribution in [1.82, 2.24) is 4.90 Å². The summed E-state index contributed by atoms with van der Waals surface area (Å²) in [5.41, 5.74) is 2.59. The van der Waals surface area contributed by atoms with Gasteiger partial charge in [0.25, 0.3) is 0 Å². The number of hydrogen-bond donors (Lipinski definition) is 2. The molecule has 1 aromatic heterocycles. The molecule has 0 saturated heterocycles. The van der Waals surface area contributed by atoms with Crippen LogP contribution < -0.4 is 14.2 Å². The fraction of sp³-hybridized carbons (Fsp3) is 0.312. The molecule has 0 aliphatic carbocycles. The van der Waals surface area contributed by atoms with E-state index in [1.807, 2.05) is 31.2 Å². The highest BCUT2D eigenvalue weighted by Gasteiger charge is 2.26. The number of rotatable bonds is 10. The summed E-state index contributed by atoms with van der Waals surface area (Å²) in [5, 5.41) is 15.6. The van der Waals surface area contributed by atoms with Gasteiger partial charge in [0.1, 0.15) is 5.75 Å². The molecule has 0 radical (unpaired) electrons. The molecule has 4 aromatic rings. The molecule has 5 rings (SSSR count). The van der Waals surface area contributed by atoms with Crippen molar-refractivity contribution in [2.75, 3.05) is 33.9 Å². The van der Waals surface area contributed by atoms with Gasteiger partial charge in [0.2, 0.25) is 9.84 Å². The number of hydrogen-bond acceptors (Lipinski definition) is 9. The van der Waals surface area contributed by atoms with Crippen LogP contribution >= 0.6 is 11.3 Å². The number of carboxylic acids is 2. The zero-order valence-corrected chi connectivity index (χ0v) is 26.4. The molecule has 0 spiro atoms. The van der Waals surface area contributed by atoms with E-state index in [9.17, 15) is 8.42 Å². The zero-order chi connectivity index (χ0) is 31.9. The summed E-state index contributed by atoms with van der Waals surface area (Å²) in [6.07, 6.45) is 2.54. The van der Waals surface area contributed by atoms with Crippen LogP contribution in [0.4, 0.5) is 0 Å². The molecule has 0 atom stereocenters. The molecule has 1 aliphatic heterocycles. The zero-order valence-electron chi connectivity index (χ0n) is 24.7. The maximum Gasteiger partial charge on any atom is 0.414 e. The van der Waals surface area contributed by atoms with E-state index >= 15 is 0 Å². The van der Waals surface area contributed by atoms with Gasteiger partial charge in [-0.2, -0.15) is 0 Å². The first kappa shape index (κ1) is 32.8. The lowest BCUT2D eigenvalue weighted by Gasteiger charge is -2.29. The van der Waals surface area contributed by atoms with Crippen molar-refractivity contribution in [3.63, 3.8) is 0 Å². The Labute approximate surface area is 260 Å². The molecule has 0 amide bonds. The van der Waals surface area contributed by atoms with Crippen LogP contribution in [0.2, 0.25) is 0 Å². The number of benzene rings is 3. The summed E-state index contributed by atoms with van der Waals surface area (Å²) in [6.45, 7) is 5.35. The Morgan fingerprint density at radius 1 is 0.932 bits per heavy atom. The standard InChI is InChI=1S/C30H33NO5S2.C2H2O4/c1-4-28-30(25-8-5-6-9-29(25)37-28)38(32,33)24-12-10-23(11-13-24)36-17-7-15-31-16-14-21-18-26(34-2)27(35-3)19-22(21)20-31;3-1(4)2(5)6/h5-6,8-13,18-19H,4,7,14-17,20H2,1-3H3;(H,3,4)(H,5,6). The summed E-state index contributed by atoms with van der Waals surface area (Å²) >= 11 is 1.55. The van der Waals surface area contributed by atoms with E-state index in [0.717, 1.165) is 58.9 Å². The van der Waals surface area contributed by atoms with Crippen molar-refractivity contribution in [2.24, 2.45) is 0 Å². The fourth-order valence-corrected chi connectivity index (χ4v) is 8.24. The Balaban J connectivity index is 0.000000670. The second kappa shape index (κ2) is 14.6. The number of thiophene rings is 1. The Hall–Kier alpha value is -4.13. The van der Waals surface area contributed by atoms with Gasteiger partial charge in [-0.15, -0.1) is 11.3 Å². The van der Waals surface area contributed by atoms with Crippen molar-refractivity contribution in [1.29, 1.82) is 0 Å². The first-order valence-electron chi connectivity index (χ1n) is 14.0. The van der Waals surface area contributed by atoms with Crippen molar-refractivity contribution >= 4 is 43.2 Å². The molecule has 0 saturated carbocycles. The third-order valence-electron chi connectivity index (χ3n) is 7.21. The van der Waals surface area contributed by atoms with Crippen LogP contribution in [0.3, 0.4) is 0 Å². The number of aliphatic carboxylic acids is 2. The average molecular weight is 642 g/mol. The largest absolute Gasteiger partial charge is 0.494 e. The minimum atomic E-state index is -3.62. The number of carbonyl (C=O) groups is 2. The number of carboxylic acid groups (broad SMARTS) is 2. The lowest BCUT2D eigenvalue weighted by atomic mass is 9.98. The van der Waals surface area contributed by atoms with E-state index in [0.29, 0.717) is 28.6 Å². The van der Waals surface area contributed by atoms with E-state index in [4.69, 9.17) is 34.0 Å². The predicted octanol–water partition coefficient (Wildman–Crippen LogP) is 5.30. The van der Waals surface area contributed by atoms with E-state index in [2.05, 4.69) is 17.0 Å². The van der Waals surface area contributed by atoms with Gasteiger partial charge in [-0.3, -0.25) is 4.90 Å². The topological polar surface area (TPSA) is 140 Å². The minimum absolute atomic E-state index is 0.294. The molecule has 3 aromatic carbocycles. The van der Waals surface area contributed by atoms with Crippen molar-refractivity contribution in [2.45, 2.75) is 42.5 Å². The van der Waals surface area contributed by atoms with Gasteiger partial charge in [-0.05, 0) is 72.9 Å². The van der Waals surface area contributed by atoms with Gasteiger partial charge >= 0.3 is 11.9 Å². The molecular formula is C32H35NO9S2. The fourth-order valence-electron chi connectivity index (χ4n) is 5.04. The average Bonchev–Trinajstić information content (AvgIpc) is 3.42. The smallest absolute Gasteiger partial charge is 0.414 e. The molecule has 44 heavy (non-hydrogen) atoms. The molecule has 0 fully saturated rings. The number of ether oxygens (including phenoxy) is 3. The normalized spacial score (nSPS) is 13.0. The Morgan fingerprint density at radius 2 is 1.57 bits per heavy atom. The van der Waals surface area contributed by atoms with Crippen LogP contribution in [0, 0.1) is 0 Å². The molecule has 12 heteroatoms. The van der Waals surface area contributed by atoms with Gasteiger partial charge in [-0.25, -0.2) is 18.0 Å². The number of fused-ring (bicyclic) bond motifs is 2. The van der Waals surface area contributed by atoms with E-state index in [1.165, 1.54) is 11.1 Å². The number of sulfone groups is 1. The van der Waals surface area contributed by atoms with Gasteiger partial charge in [0.15, 0.2) is 11.5 Å². The molecule has 2 heterocycles. The van der Waals surface area contributed by atoms with E-state index < -0.39 is 21.8 Å². The summed E-state index contributed by atoms with van der Waals surface area (Å²) in [7, 11) is -0.295. The van der Waals surface area contributed by atoms with Crippen LogP contribution in [-0.2, 0) is 38.8 Å². The summed E-state index contributed by atoms with van der Waals surface area (Å²) in [4.78, 5) is 22.2. The summed E-state index contributed by atoms with van der Waals surface area (Å²) in [6, 6.07) is 18.7. The highest BCUT2D eigenvalue weighted by atomic mass is 32.2. The first-order chi connectivity index (χ1) is 21.1. The Morgan fingerprint density at radius 3 is 2.18 bits per heavy atom. The number of aryl methyl sites for hydroxylation is 1. The number of nitrogens with zero attached hydrogens (tertiary/aromatic N) is 1. The summed E-state index contributed by atoms with van der Waals surface area (Å²) < 4.78 is 44.9. The lowest BCUT2D eigenvalue weighted by Crippen LogP contribution is -2.32. The predicted molar refractivity (Wildman–Crippen MR) is 167 cm³/mol. The van der Waals surface area contributed by atoms with Crippen molar-refractivity contribution in [3.8, 4) is 17.2 Å². The van der Waals surface area contributed by atoms with Crippen LogP contribution in [0.25, 0.3) is 10.1 Å². The van der Waals surface area contributed by atoms with Gasteiger partial charge in [-0.1, -0.05) is 25.1 Å². The Bertz CT molecular complexity index is 1720. The third kappa shape index (κ3) is 7.50. The second-order valence-corrected chi connectivity index (χ2v) is 13.0. The third-order valence-corrected chi connectivity index (χ3v) is 10.6. The van der Waals surface area contributed by atoms with Crippen molar-refractivity contribution < 1.29 is 42.4 Å². The van der Waals surface area contributed by atoms with Gasteiger partial charge in [0, 0.05) is 34.6 Å². The monoisotopic (exact) mass is 641 g/mol. The van der Waals surface area contributed by atoms with E-state index in [1.54, 1.807) is 49.8 Å². The van der Waals surface area contributed by atoms with Crippen LogP contribution in [-0.4, -0.2) is 69.4 Å². The van der Waals surface area contributed by atoms with Crippen LogP contribution in [0.1, 0.15) is 29.3 Å². The molecule has 1 aliphatic rings. The maximum atomic E-state index is 13.5. The quantitative estimate of drug-likeness (QED) is 0.173. The Kier molecular flexibility index (Phi) is 10.8. The molecular weight excluding hydrogens is 606 g/mol. The maximum absolute atomic E-state index is 13.5. The highest BCUT2D eigenvalue weighted by molar-refractivity contribution is 7.92. The molecule has 0 unspecified atom stereocenters. The number of methoxy groups -OCH3 is 2. The molecule has 0 bridgehead atoms. The SMILES string of the molecule is CCc1sc2ccccc2c1S(=O)(=O)c1ccc(OCCCN2CCc3cc(OC)c(OC)cc3C2)cc1.O=C(O)C(=O)O. The van der Waals surface area contributed by atoms with Crippen LogP contribution in [0.5, 0.6) is 17.2 Å². The van der Waals surface area contributed by atoms with E-state index in [-0.39, 0.29) is 0 Å². The molecule has 10 nitrogen and oxygen atoms in total. The second-order valence-electron chi connectivity index (χ2n) is 9.99. The molecule has 2 N–H and O–H groups in total. The van der Waals surface area contributed by atoms with Gasteiger partial charge in [0.05, 0.1) is 30.6 Å².